The second-order valence-corrected chi connectivity index (χ2v) is 3.72. The molecular formula is C10H10F4N2O2. The van der Waals surface area contributed by atoms with Gasteiger partial charge in [-0.1, -0.05) is 0 Å². The minimum absolute atomic E-state index is 0.106. The third-order valence-corrected chi connectivity index (χ3v) is 2.33. The van der Waals surface area contributed by atoms with E-state index in [4.69, 9.17) is 5.73 Å². The van der Waals surface area contributed by atoms with Crippen LogP contribution in [-0.2, 0) is 0 Å². The molecule has 8 heteroatoms. The van der Waals surface area contributed by atoms with Gasteiger partial charge in [-0.2, -0.15) is 13.2 Å². The number of alkyl halides is 3. The van der Waals surface area contributed by atoms with E-state index in [1.807, 2.05) is 0 Å². The van der Waals surface area contributed by atoms with Gasteiger partial charge in [-0.25, -0.2) is 4.39 Å². The molecule has 0 amide bonds. The fourth-order valence-electron chi connectivity index (χ4n) is 1.46. The van der Waals surface area contributed by atoms with E-state index in [9.17, 15) is 27.7 Å². The van der Waals surface area contributed by atoms with Gasteiger partial charge in [0.2, 0.25) is 0 Å². The third-order valence-electron chi connectivity index (χ3n) is 2.33. The summed E-state index contributed by atoms with van der Waals surface area (Å²) in [6.07, 6.45) is -6.02. The second kappa shape index (κ2) is 5.30. The Morgan fingerprint density at radius 2 is 2.00 bits per heavy atom. The first kappa shape index (κ1) is 14.4. The number of hydrogen-bond acceptors (Lipinski definition) is 3. The molecule has 0 unspecified atom stereocenters. The van der Waals surface area contributed by atoms with Crippen molar-refractivity contribution in [1.29, 1.82) is 0 Å². The first-order valence-electron chi connectivity index (χ1n) is 4.97. The highest BCUT2D eigenvalue weighted by molar-refractivity contribution is 5.42. The molecule has 1 atom stereocenters. The molecule has 0 fully saturated rings. The van der Waals surface area contributed by atoms with Crippen LogP contribution in [0, 0.1) is 15.9 Å². The lowest BCUT2D eigenvalue weighted by molar-refractivity contribution is -0.385. The average Bonchev–Trinajstić information content (AvgIpc) is 2.24. The van der Waals surface area contributed by atoms with E-state index in [1.54, 1.807) is 0 Å². The van der Waals surface area contributed by atoms with Crippen LogP contribution in [0.4, 0.5) is 23.2 Å². The summed E-state index contributed by atoms with van der Waals surface area (Å²) < 4.78 is 48.8. The van der Waals surface area contributed by atoms with Crippen molar-refractivity contribution < 1.29 is 22.5 Å². The zero-order valence-corrected chi connectivity index (χ0v) is 9.08. The van der Waals surface area contributed by atoms with Gasteiger partial charge in [0, 0.05) is 18.0 Å². The number of nitro benzene ring substituents is 1. The Balaban J connectivity index is 2.91. The smallest absolute Gasteiger partial charge is 0.324 e. The predicted octanol–water partition coefficient (Wildman–Crippen LogP) is 3.08. The van der Waals surface area contributed by atoms with Crippen molar-refractivity contribution in [2.75, 3.05) is 0 Å². The monoisotopic (exact) mass is 266 g/mol. The van der Waals surface area contributed by atoms with Crippen LogP contribution in [0.3, 0.4) is 0 Å². The molecule has 0 bridgehead atoms. The molecule has 0 aliphatic rings. The second-order valence-electron chi connectivity index (χ2n) is 3.72. The maximum atomic E-state index is 12.8. The number of nitrogens with zero attached hydrogens (tertiary/aromatic N) is 1. The van der Waals surface area contributed by atoms with Gasteiger partial charge in [0.25, 0.3) is 5.69 Å². The number of nitro groups is 1. The van der Waals surface area contributed by atoms with Crippen LogP contribution < -0.4 is 5.73 Å². The number of rotatable bonds is 4. The van der Waals surface area contributed by atoms with E-state index >= 15 is 0 Å². The molecule has 0 radical (unpaired) electrons. The van der Waals surface area contributed by atoms with Crippen molar-refractivity contribution in [3.05, 3.63) is 39.7 Å². The molecule has 0 heterocycles. The summed E-state index contributed by atoms with van der Waals surface area (Å²) in [6.45, 7) is 0. The number of halogens is 4. The zero-order chi connectivity index (χ0) is 13.9. The molecule has 0 saturated heterocycles. The van der Waals surface area contributed by atoms with E-state index in [-0.39, 0.29) is 5.56 Å². The molecule has 1 aromatic rings. The van der Waals surface area contributed by atoms with E-state index in [1.165, 1.54) is 0 Å². The van der Waals surface area contributed by atoms with Crippen molar-refractivity contribution in [2.45, 2.75) is 25.1 Å². The Morgan fingerprint density at radius 3 is 2.50 bits per heavy atom. The van der Waals surface area contributed by atoms with Crippen LogP contribution in [0.1, 0.15) is 24.4 Å². The largest absolute Gasteiger partial charge is 0.389 e. The number of benzene rings is 1. The van der Waals surface area contributed by atoms with Gasteiger partial charge in [-0.15, -0.1) is 0 Å². The van der Waals surface area contributed by atoms with Crippen LogP contribution >= 0.6 is 0 Å². The first-order chi connectivity index (χ1) is 8.20. The van der Waals surface area contributed by atoms with Crippen LogP contribution in [0.15, 0.2) is 18.2 Å². The summed E-state index contributed by atoms with van der Waals surface area (Å²) in [4.78, 5) is 9.77. The highest BCUT2D eigenvalue weighted by Gasteiger charge is 2.29. The van der Waals surface area contributed by atoms with Gasteiger partial charge in [-0.3, -0.25) is 10.1 Å². The molecule has 0 aromatic heterocycles. The predicted molar refractivity (Wildman–Crippen MR) is 55.3 cm³/mol. The highest BCUT2D eigenvalue weighted by Crippen LogP contribution is 2.30. The highest BCUT2D eigenvalue weighted by atomic mass is 19.4. The summed E-state index contributed by atoms with van der Waals surface area (Å²) in [5.41, 5.74) is 4.75. The van der Waals surface area contributed by atoms with Crippen molar-refractivity contribution in [1.82, 2.24) is 0 Å². The Kier molecular flexibility index (Phi) is 4.23. The molecule has 0 aliphatic heterocycles. The summed E-state index contributed by atoms with van der Waals surface area (Å²) in [6, 6.07) is 1.44. The minimum Gasteiger partial charge on any atom is -0.324 e. The first-order valence-corrected chi connectivity index (χ1v) is 4.97. The van der Waals surface area contributed by atoms with Crippen LogP contribution in [0.2, 0.25) is 0 Å². The van der Waals surface area contributed by atoms with Gasteiger partial charge >= 0.3 is 6.18 Å². The minimum atomic E-state index is -4.38. The van der Waals surface area contributed by atoms with Gasteiger partial charge in [0.1, 0.15) is 5.82 Å². The Hall–Kier alpha value is -1.70. The summed E-state index contributed by atoms with van der Waals surface area (Å²) in [5.74, 6) is -0.839. The fourth-order valence-corrected chi connectivity index (χ4v) is 1.46. The Bertz CT molecular complexity index is 448. The van der Waals surface area contributed by atoms with Gasteiger partial charge < -0.3 is 5.73 Å². The fraction of sp³-hybridized carbons (Fsp3) is 0.400. The SMILES string of the molecule is N[C@H](CCC(F)(F)F)c1ccc(F)cc1[N+](=O)[O-]. The average molecular weight is 266 g/mol. The van der Waals surface area contributed by atoms with Crippen molar-refractivity contribution in [2.24, 2.45) is 5.73 Å². The van der Waals surface area contributed by atoms with E-state index in [0.29, 0.717) is 6.07 Å². The van der Waals surface area contributed by atoms with Crippen molar-refractivity contribution in [3.63, 3.8) is 0 Å². The molecule has 4 nitrogen and oxygen atoms in total. The topological polar surface area (TPSA) is 69.2 Å². The molecule has 0 saturated carbocycles. The third kappa shape index (κ3) is 3.95. The van der Waals surface area contributed by atoms with Gasteiger partial charge in [0.15, 0.2) is 0 Å². The maximum Gasteiger partial charge on any atom is 0.389 e. The Morgan fingerprint density at radius 1 is 1.39 bits per heavy atom. The summed E-state index contributed by atoms with van der Waals surface area (Å²) in [7, 11) is 0. The summed E-state index contributed by atoms with van der Waals surface area (Å²) in [5, 5.41) is 10.6. The van der Waals surface area contributed by atoms with Crippen molar-refractivity contribution >= 4 is 5.69 Å². The van der Waals surface area contributed by atoms with E-state index < -0.39 is 41.5 Å². The lowest BCUT2D eigenvalue weighted by atomic mass is 10.0. The zero-order valence-electron chi connectivity index (χ0n) is 9.08. The lowest BCUT2D eigenvalue weighted by Crippen LogP contribution is -2.17. The van der Waals surface area contributed by atoms with Gasteiger partial charge in [-0.05, 0) is 18.6 Å². The molecule has 1 aromatic carbocycles. The molecule has 18 heavy (non-hydrogen) atoms. The molecule has 1 rings (SSSR count). The molecule has 2 N–H and O–H groups in total. The van der Waals surface area contributed by atoms with Crippen LogP contribution in [0.25, 0.3) is 0 Å². The van der Waals surface area contributed by atoms with Gasteiger partial charge in [0.05, 0.1) is 11.0 Å². The van der Waals surface area contributed by atoms with Crippen LogP contribution in [-0.4, -0.2) is 11.1 Å². The quantitative estimate of drug-likeness (QED) is 0.517. The van der Waals surface area contributed by atoms with E-state index in [2.05, 4.69) is 0 Å². The standard InChI is InChI=1S/C10H10F4N2O2/c11-6-1-2-7(9(5-6)16(17)18)8(15)3-4-10(12,13)14/h1-2,5,8H,3-4,15H2/t8-/m1/s1. The Labute approximate surface area is 99.5 Å². The molecule has 0 aliphatic carbocycles. The van der Waals surface area contributed by atoms with Crippen LogP contribution in [0.5, 0.6) is 0 Å². The summed E-state index contributed by atoms with van der Waals surface area (Å²) >= 11 is 0. The lowest BCUT2D eigenvalue weighted by Gasteiger charge is -2.13. The molecule has 0 spiro atoms. The number of hydrogen-bond donors (Lipinski definition) is 1. The molecule has 100 valence electrons. The normalized spacial score (nSPS) is 13.4. The van der Waals surface area contributed by atoms with E-state index in [0.717, 1.165) is 12.1 Å². The maximum absolute atomic E-state index is 12.8. The molecular weight excluding hydrogens is 256 g/mol. The number of nitrogens with two attached hydrogens (primary N) is 1. The van der Waals surface area contributed by atoms with Crippen molar-refractivity contribution in [3.8, 4) is 0 Å².